The largest absolute Gasteiger partial charge is 0.475 e. The summed E-state index contributed by atoms with van der Waals surface area (Å²) in [5, 5.41) is 9.37. The maximum absolute atomic E-state index is 10.7. The number of aromatic nitrogens is 3. The van der Waals surface area contributed by atoms with Gasteiger partial charge in [0.25, 0.3) is 0 Å². The summed E-state index contributed by atoms with van der Waals surface area (Å²) in [6.07, 6.45) is 1.94. The lowest BCUT2D eigenvalue weighted by Gasteiger charge is -1.98. The fourth-order valence-corrected chi connectivity index (χ4v) is 2.79. The van der Waals surface area contributed by atoms with E-state index in [0.29, 0.717) is 16.6 Å². The third-order valence-electron chi connectivity index (χ3n) is 2.97. The first kappa shape index (κ1) is 13.7. The summed E-state index contributed by atoms with van der Waals surface area (Å²) in [4.78, 5) is 19.6. The number of nitrogens with zero attached hydrogens (tertiary/aromatic N) is 3. The quantitative estimate of drug-likeness (QED) is 0.746. The van der Waals surface area contributed by atoms with Crippen LogP contribution < -0.4 is 0 Å². The molecule has 7 heteroatoms. The molecule has 0 bridgehead atoms. The molecule has 1 N–H and O–H groups in total. The Morgan fingerprint density at radius 3 is 2.90 bits per heavy atom. The van der Waals surface area contributed by atoms with Crippen molar-refractivity contribution in [1.29, 1.82) is 0 Å². The van der Waals surface area contributed by atoms with Crippen molar-refractivity contribution in [3.05, 3.63) is 47.2 Å². The number of carbonyl (C=O) groups is 1. The topological polar surface area (TPSA) is 80.6 Å². The Hall–Kier alpha value is -2.28. The second-order valence-electron chi connectivity index (χ2n) is 4.65. The second-order valence-corrected chi connectivity index (χ2v) is 5.63. The first-order chi connectivity index (χ1) is 10.0. The van der Waals surface area contributed by atoms with Gasteiger partial charge in [-0.1, -0.05) is 11.8 Å². The van der Waals surface area contributed by atoms with Gasteiger partial charge >= 0.3 is 5.97 Å². The highest BCUT2D eigenvalue weighted by Crippen LogP contribution is 2.25. The molecule has 0 aliphatic carbocycles. The maximum atomic E-state index is 10.7. The molecule has 0 spiro atoms. The van der Waals surface area contributed by atoms with E-state index in [0.717, 1.165) is 17.1 Å². The number of hydrogen-bond donors (Lipinski definition) is 1. The molecule has 6 nitrogen and oxygen atoms in total. The SMILES string of the molecule is Cc1cc(C)n2cc(CSc3ccc(C(=O)O)o3)nc2n1. The summed E-state index contributed by atoms with van der Waals surface area (Å²) in [6, 6.07) is 5.10. The van der Waals surface area contributed by atoms with Gasteiger partial charge in [-0.25, -0.2) is 14.8 Å². The number of imidazole rings is 1. The minimum Gasteiger partial charge on any atom is -0.475 e. The number of aryl methyl sites for hydroxylation is 2. The number of fused-ring (bicyclic) bond motifs is 1. The highest BCUT2D eigenvalue weighted by Gasteiger charge is 2.11. The maximum Gasteiger partial charge on any atom is 0.371 e. The fraction of sp³-hybridized carbons (Fsp3) is 0.214. The smallest absolute Gasteiger partial charge is 0.371 e. The average Bonchev–Trinajstić information content (AvgIpc) is 3.02. The molecular weight excluding hydrogens is 290 g/mol. The average molecular weight is 303 g/mol. The molecule has 0 fully saturated rings. The van der Waals surface area contributed by atoms with Crippen molar-refractivity contribution in [3.8, 4) is 0 Å². The van der Waals surface area contributed by atoms with Gasteiger partial charge in [-0.15, -0.1) is 0 Å². The molecule has 3 heterocycles. The molecule has 0 saturated carbocycles. The lowest BCUT2D eigenvalue weighted by atomic mass is 10.3. The summed E-state index contributed by atoms with van der Waals surface area (Å²) in [5.74, 6) is 0.147. The molecule has 3 aromatic rings. The van der Waals surface area contributed by atoms with Crippen molar-refractivity contribution in [1.82, 2.24) is 14.4 Å². The van der Waals surface area contributed by atoms with E-state index in [9.17, 15) is 4.79 Å². The Bertz CT molecular complexity index is 822. The summed E-state index contributed by atoms with van der Waals surface area (Å²) in [5.41, 5.74) is 2.88. The molecule has 21 heavy (non-hydrogen) atoms. The van der Waals surface area contributed by atoms with Crippen LogP contribution in [0, 0.1) is 13.8 Å². The molecule has 0 unspecified atom stereocenters. The lowest BCUT2D eigenvalue weighted by Crippen LogP contribution is -1.94. The van der Waals surface area contributed by atoms with Crippen LogP contribution in [-0.4, -0.2) is 25.4 Å². The third-order valence-corrected chi connectivity index (χ3v) is 3.91. The number of carboxylic acid groups (broad SMARTS) is 1. The predicted molar refractivity (Wildman–Crippen MR) is 77.7 cm³/mol. The standard InChI is InChI=1S/C14H13N3O3S/c1-8-5-9(2)17-6-10(16-14(17)15-8)7-21-12-4-3-11(20-12)13(18)19/h3-6H,7H2,1-2H3,(H,18,19). The number of aromatic carboxylic acids is 1. The van der Waals surface area contributed by atoms with Gasteiger partial charge in [-0.05, 0) is 32.0 Å². The molecule has 0 aromatic carbocycles. The lowest BCUT2D eigenvalue weighted by molar-refractivity contribution is 0.0656. The van der Waals surface area contributed by atoms with Gasteiger partial charge in [0.05, 0.1) is 5.69 Å². The van der Waals surface area contributed by atoms with E-state index >= 15 is 0 Å². The molecular formula is C14H13N3O3S. The second kappa shape index (κ2) is 5.25. The van der Waals surface area contributed by atoms with Crippen LogP contribution >= 0.6 is 11.8 Å². The van der Waals surface area contributed by atoms with Gasteiger partial charge in [0.1, 0.15) is 0 Å². The molecule has 3 rings (SSSR count). The van der Waals surface area contributed by atoms with Crippen molar-refractivity contribution in [2.75, 3.05) is 0 Å². The number of hydrogen-bond acceptors (Lipinski definition) is 5. The monoisotopic (exact) mass is 303 g/mol. The number of carboxylic acids is 1. The van der Waals surface area contributed by atoms with E-state index in [1.807, 2.05) is 30.5 Å². The summed E-state index contributed by atoms with van der Waals surface area (Å²) < 4.78 is 7.14. The molecule has 3 aromatic heterocycles. The normalized spacial score (nSPS) is 11.1. The zero-order valence-corrected chi connectivity index (χ0v) is 12.3. The van der Waals surface area contributed by atoms with Gasteiger partial charge in [0.2, 0.25) is 11.5 Å². The Morgan fingerprint density at radius 2 is 2.19 bits per heavy atom. The van der Waals surface area contributed by atoms with Gasteiger partial charge in [0.15, 0.2) is 5.09 Å². The molecule has 0 atom stereocenters. The van der Waals surface area contributed by atoms with Crippen LogP contribution in [0.3, 0.4) is 0 Å². The van der Waals surface area contributed by atoms with Crippen LogP contribution in [0.4, 0.5) is 0 Å². The molecule has 0 radical (unpaired) electrons. The van der Waals surface area contributed by atoms with Crippen LogP contribution in [0.25, 0.3) is 5.78 Å². The van der Waals surface area contributed by atoms with Gasteiger partial charge < -0.3 is 9.52 Å². The molecule has 0 saturated heterocycles. The van der Waals surface area contributed by atoms with Gasteiger partial charge in [-0.2, -0.15) is 0 Å². The van der Waals surface area contributed by atoms with Crippen molar-refractivity contribution >= 4 is 23.5 Å². The summed E-state index contributed by atoms with van der Waals surface area (Å²) >= 11 is 1.40. The Morgan fingerprint density at radius 1 is 1.38 bits per heavy atom. The van der Waals surface area contributed by atoms with E-state index in [-0.39, 0.29) is 5.76 Å². The Balaban J connectivity index is 1.78. The number of rotatable bonds is 4. The van der Waals surface area contributed by atoms with Crippen molar-refractivity contribution in [2.45, 2.75) is 24.7 Å². The first-order valence-electron chi connectivity index (χ1n) is 6.31. The minimum absolute atomic E-state index is 0.0550. The van der Waals surface area contributed by atoms with Crippen LogP contribution in [0.1, 0.15) is 27.6 Å². The molecule has 0 aliphatic rings. The van der Waals surface area contributed by atoms with Crippen LogP contribution in [0.2, 0.25) is 0 Å². The molecule has 0 aliphatic heterocycles. The Labute approximate surface area is 124 Å². The Kier molecular flexibility index (Phi) is 3.42. The fourth-order valence-electron chi connectivity index (χ4n) is 2.05. The van der Waals surface area contributed by atoms with Crippen molar-refractivity contribution < 1.29 is 14.3 Å². The highest BCUT2D eigenvalue weighted by molar-refractivity contribution is 7.98. The minimum atomic E-state index is -1.06. The van der Waals surface area contributed by atoms with E-state index in [1.165, 1.54) is 17.8 Å². The van der Waals surface area contributed by atoms with Gasteiger partial charge in [0, 0.05) is 23.3 Å². The zero-order chi connectivity index (χ0) is 15.0. The summed E-state index contributed by atoms with van der Waals surface area (Å²) in [7, 11) is 0. The van der Waals surface area contributed by atoms with E-state index in [2.05, 4.69) is 9.97 Å². The van der Waals surface area contributed by atoms with Crippen LogP contribution in [0.15, 0.2) is 33.9 Å². The highest BCUT2D eigenvalue weighted by atomic mass is 32.2. The predicted octanol–water partition coefficient (Wildman–Crippen LogP) is 2.93. The van der Waals surface area contributed by atoms with E-state index in [1.54, 1.807) is 6.07 Å². The summed E-state index contributed by atoms with van der Waals surface area (Å²) in [6.45, 7) is 3.94. The molecule has 108 valence electrons. The van der Waals surface area contributed by atoms with Crippen molar-refractivity contribution in [2.24, 2.45) is 0 Å². The third kappa shape index (κ3) is 2.78. The van der Waals surface area contributed by atoms with Gasteiger partial charge in [-0.3, -0.25) is 4.40 Å². The van der Waals surface area contributed by atoms with E-state index in [4.69, 9.17) is 9.52 Å². The zero-order valence-electron chi connectivity index (χ0n) is 11.5. The first-order valence-corrected chi connectivity index (χ1v) is 7.29. The molecule has 0 amide bonds. The van der Waals surface area contributed by atoms with Crippen molar-refractivity contribution in [3.63, 3.8) is 0 Å². The van der Waals surface area contributed by atoms with Crippen LogP contribution in [0.5, 0.6) is 0 Å². The number of thioether (sulfide) groups is 1. The number of furan rings is 1. The van der Waals surface area contributed by atoms with Crippen LogP contribution in [-0.2, 0) is 5.75 Å². The van der Waals surface area contributed by atoms with E-state index < -0.39 is 5.97 Å².